The van der Waals surface area contributed by atoms with E-state index in [0.717, 1.165) is 19.4 Å². The number of ether oxygens (including phenoxy) is 1. The van der Waals surface area contributed by atoms with Crippen LogP contribution in [0.2, 0.25) is 0 Å². The summed E-state index contributed by atoms with van der Waals surface area (Å²) >= 11 is 0. The summed E-state index contributed by atoms with van der Waals surface area (Å²) in [6, 6.07) is 0.0478. The lowest BCUT2D eigenvalue weighted by molar-refractivity contribution is -0.0545. The van der Waals surface area contributed by atoms with E-state index < -0.39 is 17.2 Å². The highest BCUT2D eigenvalue weighted by Crippen LogP contribution is 2.45. The number of aryl methyl sites for hydroxylation is 1. The predicted molar refractivity (Wildman–Crippen MR) is 75.2 cm³/mol. The lowest BCUT2D eigenvalue weighted by Gasteiger charge is -2.47. The molecule has 2 N–H and O–H groups in total. The molecule has 4 atom stereocenters. The van der Waals surface area contributed by atoms with Crippen LogP contribution in [0.4, 0.5) is 0 Å². The van der Waals surface area contributed by atoms with E-state index in [9.17, 15) is 14.4 Å². The normalized spacial score (nSPS) is 30.6. The van der Waals surface area contributed by atoms with Crippen molar-refractivity contribution in [3.8, 4) is 0 Å². The lowest BCUT2D eigenvalue weighted by Crippen LogP contribution is -2.61. The average Bonchev–Trinajstić information content (AvgIpc) is 2.85. The molecule has 2 heterocycles. The third-order valence-electron chi connectivity index (χ3n) is 4.65. The smallest absolute Gasteiger partial charge is 0.328 e. The van der Waals surface area contributed by atoms with E-state index >= 15 is 0 Å². The molecule has 4 unspecified atom stereocenters. The SMILES string of the molecule is CCC1C(NC(=O)c2cn(C)c(=O)[nH]c2=O)C2CCOC12. The first-order valence-corrected chi connectivity index (χ1v) is 7.25. The van der Waals surface area contributed by atoms with E-state index in [1.54, 1.807) is 0 Å². The van der Waals surface area contributed by atoms with Gasteiger partial charge < -0.3 is 14.6 Å². The van der Waals surface area contributed by atoms with Gasteiger partial charge in [0.2, 0.25) is 0 Å². The molecule has 21 heavy (non-hydrogen) atoms. The Hall–Kier alpha value is -1.89. The van der Waals surface area contributed by atoms with Crippen LogP contribution >= 0.6 is 0 Å². The molecule has 2 aliphatic rings. The maximum Gasteiger partial charge on any atom is 0.328 e. The molecular weight excluding hydrogens is 274 g/mol. The summed E-state index contributed by atoms with van der Waals surface area (Å²) in [6.45, 7) is 2.80. The predicted octanol–water partition coefficient (Wildman–Crippen LogP) is -0.383. The number of carbonyl (C=O) groups is 1. The molecule has 7 heteroatoms. The minimum atomic E-state index is -0.651. The second-order valence-electron chi connectivity index (χ2n) is 5.77. The van der Waals surface area contributed by atoms with Gasteiger partial charge >= 0.3 is 5.69 Å². The summed E-state index contributed by atoms with van der Waals surface area (Å²) in [4.78, 5) is 37.5. The van der Waals surface area contributed by atoms with Gasteiger partial charge in [-0.3, -0.25) is 14.6 Å². The number of nitrogens with zero attached hydrogens (tertiary/aromatic N) is 1. The van der Waals surface area contributed by atoms with Gasteiger partial charge in [-0.05, 0) is 12.8 Å². The van der Waals surface area contributed by atoms with Crippen molar-refractivity contribution < 1.29 is 9.53 Å². The third-order valence-corrected chi connectivity index (χ3v) is 4.65. The maximum absolute atomic E-state index is 12.3. The highest BCUT2D eigenvalue weighted by atomic mass is 16.5. The summed E-state index contributed by atoms with van der Waals surface area (Å²) in [5, 5.41) is 2.94. The molecule has 114 valence electrons. The number of H-pyrrole nitrogens is 1. The van der Waals surface area contributed by atoms with Crippen LogP contribution < -0.4 is 16.6 Å². The van der Waals surface area contributed by atoms with Gasteiger partial charge in [-0.1, -0.05) is 6.92 Å². The number of hydrogen-bond donors (Lipinski definition) is 2. The second-order valence-corrected chi connectivity index (χ2v) is 5.77. The Balaban J connectivity index is 1.79. The van der Waals surface area contributed by atoms with Crippen molar-refractivity contribution in [2.24, 2.45) is 18.9 Å². The quantitative estimate of drug-likeness (QED) is 0.794. The Bertz CT molecular complexity index is 678. The second kappa shape index (κ2) is 5.14. The van der Waals surface area contributed by atoms with Crippen molar-refractivity contribution in [1.82, 2.24) is 14.9 Å². The van der Waals surface area contributed by atoms with Crippen molar-refractivity contribution >= 4 is 5.91 Å². The minimum Gasteiger partial charge on any atom is -0.377 e. The molecule has 3 rings (SSSR count). The Morgan fingerprint density at radius 3 is 3.00 bits per heavy atom. The van der Waals surface area contributed by atoms with E-state index in [0.29, 0.717) is 11.8 Å². The Morgan fingerprint density at radius 1 is 1.52 bits per heavy atom. The third kappa shape index (κ3) is 2.21. The largest absolute Gasteiger partial charge is 0.377 e. The van der Waals surface area contributed by atoms with Crippen LogP contribution in [0.3, 0.4) is 0 Å². The molecule has 1 aliphatic carbocycles. The molecule has 0 radical (unpaired) electrons. The van der Waals surface area contributed by atoms with Gasteiger partial charge in [-0.25, -0.2) is 4.79 Å². The molecular formula is C14H19N3O4. The maximum atomic E-state index is 12.3. The fourth-order valence-corrected chi connectivity index (χ4v) is 3.48. The van der Waals surface area contributed by atoms with E-state index in [2.05, 4.69) is 17.2 Å². The topological polar surface area (TPSA) is 93.2 Å². The molecule has 1 aliphatic heterocycles. The van der Waals surface area contributed by atoms with Crippen LogP contribution in [0.25, 0.3) is 0 Å². The number of aromatic amines is 1. The molecule has 1 saturated heterocycles. The molecule has 7 nitrogen and oxygen atoms in total. The summed E-state index contributed by atoms with van der Waals surface area (Å²) in [5.74, 6) is 0.208. The van der Waals surface area contributed by atoms with Crippen molar-refractivity contribution in [3.05, 3.63) is 32.6 Å². The molecule has 1 amide bonds. The number of aromatic nitrogens is 2. The monoisotopic (exact) mass is 293 g/mol. The van der Waals surface area contributed by atoms with Crippen molar-refractivity contribution in [2.75, 3.05) is 6.61 Å². The van der Waals surface area contributed by atoms with Crippen molar-refractivity contribution in [1.29, 1.82) is 0 Å². The Labute approximate surface area is 121 Å². The van der Waals surface area contributed by atoms with E-state index in [1.165, 1.54) is 17.8 Å². The highest BCUT2D eigenvalue weighted by Gasteiger charge is 2.53. The van der Waals surface area contributed by atoms with E-state index in [1.807, 2.05) is 0 Å². The first kappa shape index (κ1) is 14.1. The van der Waals surface area contributed by atoms with Gasteiger partial charge in [0, 0.05) is 37.7 Å². The fourth-order valence-electron chi connectivity index (χ4n) is 3.48. The number of nitrogens with one attached hydrogen (secondary N) is 2. The zero-order valence-electron chi connectivity index (χ0n) is 12.1. The standard InChI is InChI=1S/C14H19N3O4/c1-3-7-10(8-4-5-21-11(7)8)15-12(18)9-6-17(2)14(20)16-13(9)19/h6-8,10-11H,3-5H2,1-2H3,(H,15,18)(H,16,19,20). The van der Waals surface area contributed by atoms with Crippen LogP contribution in [0, 0.1) is 11.8 Å². The van der Waals surface area contributed by atoms with Crippen LogP contribution in [-0.4, -0.2) is 34.2 Å². The zero-order valence-corrected chi connectivity index (χ0v) is 12.1. The molecule has 0 aromatic carbocycles. The van der Waals surface area contributed by atoms with E-state index in [-0.39, 0.29) is 17.7 Å². The van der Waals surface area contributed by atoms with Crippen LogP contribution in [0.15, 0.2) is 15.8 Å². The van der Waals surface area contributed by atoms with E-state index in [4.69, 9.17) is 4.74 Å². The van der Waals surface area contributed by atoms with Gasteiger partial charge in [-0.15, -0.1) is 0 Å². The summed E-state index contributed by atoms with van der Waals surface area (Å²) < 4.78 is 6.86. The Kier molecular flexibility index (Phi) is 3.44. The van der Waals surface area contributed by atoms with Gasteiger partial charge in [0.15, 0.2) is 0 Å². The number of amides is 1. The van der Waals surface area contributed by atoms with Crippen molar-refractivity contribution in [3.63, 3.8) is 0 Å². The lowest BCUT2D eigenvalue weighted by atomic mass is 9.65. The number of carbonyl (C=O) groups excluding carboxylic acids is 1. The average molecular weight is 293 g/mol. The molecule has 0 spiro atoms. The van der Waals surface area contributed by atoms with Crippen molar-refractivity contribution in [2.45, 2.75) is 31.9 Å². The van der Waals surface area contributed by atoms with Gasteiger partial charge in [0.1, 0.15) is 5.56 Å². The van der Waals surface area contributed by atoms with Crippen LogP contribution in [0.1, 0.15) is 30.1 Å². The zero-order chi connectivity index (χ0) is 15.1. The number of fused-ring (bicyclic) bond motifs is 1. The molecule has 2 fully saturated rings. The first-order chi connectivity index (χ1) is 10.0. The number of hydrogen-bond acceptors (Lipinski definition) is 4. The van der Waals surface area contributed by atoms with Gasteiger partial charge in [-0.2, -0.15) is 0 Å². The summed E-state index contributed by atoms with van der Waals surface area (Å²) in [7, 11) is 1.49. The van der Waals surface area contributed by atoms with Crippen LogP contribution in [-0.2, 0) is 11.8 Å². The summed E-state index contributed by atoms with van der Waals surface area (Å²) in [6.07, 6.45) is 3.38. The Morgan fingerprint density at radius 2 is 2.29 bits per heavy atom. The van der Waals surface area contributed by atoms with Gasteiger partial charge in [0.25, 0.3) is 11.5 Å². The molecule has 0 bridgehead atoms. The fraction of sp³-hybridized carbons (Fsp3) is 0.643. The summed E-state index contributed by atoms with van der Waals surface area (Å²) in [5.41, 5.74) is -1.22. The molecule has 1 saturated carbocycles. The highest BCUT2D eigenvalue weighted by molar-refractivity contribution is 5.93. The number of rotatable bonds is 3. The van der Waals surface area contributed by atoms with Crippen LogP contribution in [0.5, 0.6) is 0 Å². The van der Waals surface area contributed by atoms with Gasteiger partial charge in [0.05, 0.1) is 6.10 Å². The molecule has 1 aromatic rings. The minimum absolute atomic E-state index is 0.0330. The first-order valence-electron chi connectivity index (χ1n) is 7.25. The molecule has 1 aromatic heterocycles.